The van der Waals surface area contributed by atoms with Gasteiger partial charge < -0.3 is 9.64 Å². The van der Waals surface area contributed by atoms with Crippen molar-refractivity contribution in [3.05, 3.63) is 149 Å². The molecule has 6 rings (SSSR count). The first-order chi connectivity index (χ1) is 22.2. The molecule has 1 unspecified atom stereocenters. The summed E-state index contributed by atoms with van der Waals surface area (Å²) in [5, 5.41) is 0. The second-order valence-corrected chi connectivity index (χ2v) is 13.1. The Morgan fingerprint density at radius 2 is 1.30 bits per heavy atom. The lowest BCUT2D eigenvalue weighted by Gasteiger charge is -2.43. The minimum Gasteiger partial charge on any atom is -0.426 e. The molecular formula is C38H37N3O4S. The third-order valence-electron chi connectivity index (χ3n) is 8.49. The Morgan fingerprint density at radius 3 is 1.96 bits per heavy atom. The molecule has 46 heavy (non-hydrogen) atoms. The Morgan fingerprint density at radius 1 is 0.696 bits per heavy atom. The zero-order valence-electron chi connectivity index (χ0n) is 26.4. The highest BCUT2D eigenvalue weighted by molar-refractivity contribution is 7.92. The first-order valence-corrected chi connectivity index (χ1v) is 16.9. The van der Waals surface area contributed by atoms with E-state index in [4.69, 9.17) is 4.74 Å². The van der Waals surface area contributed by atoms with Crippen LogP contribution in [0.15, 0.2) is 126 Å². The summed E-state index contributed by atoms with van der Waals surface area (Å²) in [6.07, 6.45) is 0. The molecule has 0 saturated carbocycles. The molecule has 8 heteroatoms. The molecule has 1 heterocycles. The number of carbonyl (C=O) groups excluding carboxylic acids is 1. The molecule has 1 atom stereocenters. The largest absolute Gasteiger partial charge is 0.426 e. The number of esters is 1. The Kier molecular flexibility index (Phi) is 8.32. The zero-order chi connectivity index (χ0) is 32.5. The van der Waals surface area contributed by atoms with E-state index >= 15 is 0 Å². The molecule has 0 radical (unpaired) electrons. The topological polar surface area (TPSA) is 78.9 Å². The number of rotatable bonds is 10. The minimum absolute atomic E-state index is 0.185. The monoisotopic (exact) mass is 631 g/mol. The summed E-state index contributed by atoms with van der Waals surface area (Å²) in [4.78, 5) is 18.1. The van der Waals surface area contributed by atoms with E-state index in [9.17, 15) is 13.2 Å². The Labute approximate surface area is 271 Å². The van der Waals surface area contributed by atoms with Crippen LogP contribution in [-0.4, -0.2) is 27.5 Å². The van der Waals surface area contributed by atoms with Gasteiger partial charge in [-0.05, 0) is 100.0 Å². The van der Waals surface area contributed by atoms with Crippen LogP contribution in [-0.2, 0) is 20.5 Å². The molecule has 7 nitrogen and oxygen atoms in total. The van der Waals surface area contributed by atoms with E-state index in [1.54, 1.807) is 42.5 Å². The molecular weight excluding hydrogens is 595 g/mol. The highest BCUT2D eigenvalue weighted by Crippen LogP contribution is 2.51. The van der Waals surface area contributed by atoms with Crippen LogP contribution in [0.3, 0.4) is 0 Å². The molecule has 1 aliphatic rings. The van der Waals surface area contributed by atoms with Gasteiger partial charge in [0.25, 0.3) is 10.0 Å². The van der Waals surface area contributed by atoms with Gasteiger partial charge in [0.1, 0.15) is 0 Å². The summed E-state index contributed by atoms with van der Waals surface area (Å²) in [5.41, 5.74) is 5.67. The van der Waals surface area contributed by atoms with E-state index < -0.39 is 21.7 Å². The van der Waals surface area contributed by atoms with Gasteiger partial charge in [0.05, 0.1) is 10.5 Å². The number of hydrogen-bond donors (Lipinski definition) is 1. The number of nitrogens with zero attached hydrogens (tertiary/aromatic N) is 2. The first-order valence-electron chi connectivity index (χ1n) is 15.4. The van der Waals surface area contributed by atoms with E-state index in [1.165, 1.54) is 0 Å². The van der Waals surface area contributed by atoms with Crippen molar-refractivity contribution in [3.8, 4) is 0 Å². The van der Waals surface area contributed by atoms with E-state index in [2.05, 4.69) is 41.7 Å². The number of sulfonamides is 1. The maximum atomic E-state index is 13.6. The number of hydrogen-bond acceptors (Lipinski definition) is 6. The number of fused-ring (bicyclic) bond motifs is 1. The molecule has 1 aliphatic heterocycles. The number of aryl methyl sites for hydroxylation is 2. The fourth-order valence-corrected chi connectivity index (χ4v) is 7.26. The molecule has 1 N–H and O–H groups in total. The van der Waals surface area contributed by atoms with Crippen LogP contribution >= 0.6 is 0 Å². The lowest BCUT2D eigenvalue weighted by atomic mass is 9.87. The summed E-state index contributed by atoms with van der Waals surface area (Å²) in [6, 6.07) is 37.4. The van der Waals surface area contributed by atoms with E-state index in [0.717, 1.165) is 46.7 Å². The Hall–Kier alpha value is -5.08. The predicted octanol–water partition coefficient (Wildman–Crippen LogP) is 8.16. The summed E-state index contributed by atoms with van der Waals surface area (Å²) in [6.45, 7) is 9.96. The van der Waals surface area contributed by atoms with Gasteiger partial charge in [0.15, 0.2) is 0 Å². The van der Waals surface area contributed by atoms with Crippen LogP contribution in [0, 0.1) is 13.8 Å². The van der Waals surface area contributed by atoms with E-state index in [0.29, 0.717) is 16.9 Å². The van der Waals surface area contributed by atoms with Gasteiger partial charge in [-0.15, -0.1) is 0 Å². The Balaban J connectivity index is 1.51. The van der Waals surface area contributed by atoms with Crippen molar-refractivity contribution < 1.29 is 17.9 Å². The van der Waals surface area contributed by atoms with E-state index in [1.807, 2.05) is 79.4 Å². The summed E-state index contributed by atoms with van der Waals surface area (Å²) in [5.74, 6) is -0.411. The van der Waals surface area contributed by atoms with Crippen LogP contribution in [0.1, 0.15) is 46.5 Å². The highest BCUT2D eigenvalue weighted by Gasteiger charge is 2.53. The molecule has 0 spiro atoms. The molecule has 5 aromatic carbocycles. The quantitative estimate of drug-likeness (QED) is 0.157. The second kappa shape index (κ2) is 12.4. The summed E-state index contributed by atoms with van der Waals surface area (Å²) in [7, 11) is -3.79. The van der Waals surface area contributed by atoms with Crippen LogP contribution in [0.25, 0.3) is 0 Å². The van der Waals surface area contributed by atoms with Crippen molar-refractivity contribution in [1.82, 2.24) is 0 Å². The van der Waals surface area contributed by atoms with Crippen molar-refractivity contribution in [2.45, 2.75) is 38.3 Å². The fraction of sp³-hybridized carbons (Fsp3) is 0.184. The molecule has 0 fully saturated rings. The molecule has 0 aliphatic carbocycles. The lowest BCUT2D eigenvalue weighted by Crippen LogP contribution is -2.45. The number of anilines is 4. The standard InChI is InChI=1S/C38H37N3O4S/c1-5-40(6-2)32-22-25-35(28(4)26-32)38(36-15-11-10-14-34(36)37(42)45-38)41(30-12-8-7-9-13-30)31-20-18-29(19-21-31)39-46(43,44)33-23-16-27(3)17-24-33/h7-26,39H,5-6H2,1-4H3. The van der Waals surface area contributed by atoms with Crippen molar-refractivity contribution in [2.75, 3.05) is 27.6 Å². The van der Waals surface area contributed by atoms with Gasteiger partial charge in [-0.25, -0.2) is 13.2 Å². The highest BCUT2D eigenvalue weighted by atomic mass is 32.2. The zero-order valence-corrected chi connectivity index (χ0v) is 27.2. The van der Waals surface area contributed by atoms with Crippen molar-refractivity contribution >= 4 is 38.7 Å². The number of para-hydroxylation sites is 1. The molecule has 0 aromatic heterocycles. The number of nitrogens with one attached hydrogen (secondary N) is 1. The van der Waals surface area contributed by atoms with Crippen molar-refractivity contribution in [3.63, 3.8) is 0 Å². The van der Waals surface area contributed by atoms with Crippen LogP contribution < -0.4 is 14.5 Å². The number of ether oxygens (including phenoxy) is 1. The third-order valence-corrected chi connectivity index (χ3v) is 9.89. The van der Waals surface area contributed by atoms with Gasteiger partial charge in [0, 0.05) is 47.0 Å². The fourth-order valence-electron chi connectivity index (χ4n) is 6.20. The lowest BCUT2D eigenvalue weighted by molar-refractivity contribution is 0.0132. The minimum atomic E-state index is -3.79. The van der Waals surface area contributed by atoms with E-state index in [-0.39, 0.29) is 4.90 Å². The summed E-state index contributed by atoms with van der Waals surface area (Å²) >= 11 is 0. The van der Waals surface area contributed by atoms with Crippen molar-refractivity contribution in [1.29, 1.82) is 0 Å². The van der Waals surface area contributed by atoms with Crippen LogP contribution in [0.4, 0.5) is 22.7 Å². The molecule has 0 bridgehead atoms. The van der Waals surface area contributed by atoms with Gasteiger partial charge in [-0.3, -0.25) is 9.62 Å². The number of benzene rings is 5. The maximum Gasteiger partial charge on any atom is 0.341 e. The molecule has 234 valence electrons. The Bertz CT molecular complexity index is 1970. The normalized spacial score (nSPS) is 15.6. The SMILES string of the molecule is CCN(CC)c1ccc(C2(N(c3ccccc3)c3ccc(NS(=O)(=O)c4ccc(C)cc4)cc3)OC(=O)c3ccccc32)c(C)c1. The predicted molar refractivity (Wildman–Crippen MR) is 184 cm³/mol. The van der Waals surface area contributed by atoms with Gasteiger partial charge >= 0.3 is 5.97 Å². The smallest absolute Gasteiger partial charge is 0.341 e. The number of carbonyl (C=O) groups is 1. The molecule has 0 amide bonds. The molecule has 0 saturated heterocycles. The first kappa shape index (κ1) is 30.9. The average molecular weight is 632 g/mol. The third kappa shape index (κ3) is 5.49. The maximum absolute atomic E-state index is 13.6. The summed E-state index contributed by atoms with van der Waals surface area (Å²) < 4.78 is 35.5. The van der Waals surface area contributed by atoms with Crippen LogP contribution in [0.2, 0.25) is 0 Å². The van der Waals surface area contributed by atoms with Gasteiger partial charge in [-0.2, -0.15) is 0 Å². The second-order valence-electron chi connectivity index (χ2n) is 11.4. The van der Waals surface area contributed by atoms with Crippen LogP contribution in [0.5, 0.6) is 0 Å². The van der Waals surface area contributed by atoms with Gasteiger partial charge in [-0.1, -0.05) is 60.2 Å². The molecule has 5 aromatic rings. The van der Waals surface area contributed by atoms with Gasteiger partial charge in [0.2, 0.25) is 5.72 Å². The van der Waals surface area contributed by atoms with Crippen molar-refractivity contribution in [2.24, 2.45) is 0 Å². The average Bonchev–Trinajstić information content (AvgIpc) is 3.35. The number of cyclic esters (lactones) is 1.